The molecule has 36 heteroatoms. The van der Waals surface area contributed by atoms with E-state index >= 15 is 0 Å². The topological polar surface area (TPSA) is 151 Å². The van der Waals surface area contributed by atoms with Gasteiger partial charge < -0.3 is 18.6 Å². The van der Waals surface area contributed by atoms with E-state index in [4.69, 9.17) is 0 Å². The Morgan fingerprint density at radius 3 is 0.840 bits per heavy atom. The fourth-order valence-corrected chi connectivity index (χ4v) is 2.65. The van der Waals surface area contributed by atoms with Crippen LogP contribution in [0.4, 0.5) is 96.6 Å². The van der Waals surface area contributed by atoms with Crippen LogP contribution in [-0.4, -0.2) is 111 Å². The minimum atomic E-state index is -8.03. The number of rotatable bonds is 19. The summed E-state index contributed by atoms with van der Waals surface area (Å²) >= 11 is 0. The summed E-state index contributed by atoms with van der Waals surface area (Å²) in [5.41, 5.74) is 0. The van der Waals surface area contributed by atoms with E-state index in [0.29, 0.717) is 0 Å². The van der Waals surface area contributed by atoms with Crippen LogP contribution in [-0.2, 0) is 39.2 Å². The average Bonchev–Trinajstić information content (AvgIpc) is 2.84. The standard InChI is InChI=1S/C14H8F22O10S2.2Li/c15-3(45-11(29,30)13(33,34)47(37,38)39)7(21,22)43-1-5(17,18)9(25,26)10(27,28)6(19,20)2-44-8(23,24)4(16)46-12(31,32)14(35,36)48(40,41)42;;/h3-4H,1-2H2,(H,37,38,39)(H,40,41,42);;/q;2*+1/p-2. The van der Waals surface area contributed by atoms with Gasteiger partial charge in [0.15, 0.2) is 20.2 Å². The first kappa shape index (κ1) is 53.7. The monoisotopic (exact) mass is 830 g/mol. The molecule has 2 atom stereocenters. The van der Waals surface area contributed by atoms with Crippen LogP contribution < -0.4 is 37.7 Å². The van der Waals surface area contributed by atoms with Crippen molar-refractivity contribution in [2.24, 2.45) is 0 Å². The smallest absolute Gasteiger partial charge is 0.743 e. The molecule has 0 aliphatic rings. The van der Waals surface area contributed by atoms with Gasteiger partial charge >= 0.3 is 96.4 Å². The molecule has 0 aliphatic carbocycles. The summed E-state index contributed by atoms with van der Waals surface area (Å²) < 4.78 is 360. The molecule has 0 saturated heterocycles. The Morgan fingerprint density at radius 1 is 0.460 bits per heavy atom. The molecule has 0 aliphatic heterocycles. The molecule has 0 rings (SSSR count). The number of ether oxygens (including phenoxy) is 4. The Kier molecular flexibility index (Phi) is 16.7. The Bertz CT molecular complexity index is 1260. The Hall–Kier alpha value is -0.685. The van der Waals surface area contributed by atoms with Crippen molar-refractivity contribution in [1.82, 2.24) is 0 Å². The molecule has 0 saturated carbocycles. The van der Waals surface area contributed by atoms with Crippen LogP contribution in [0.15, 0.2) is 0 Å². The second-order valence-electron chi connectivity index (χ2n) is 8.10. The molecule has 0 aromatic carbocycles. The van der Waals surface area contributed by atoms with Crippen molar-refractivity contribution in [3.63, 3.8) is 0 Å². The van der Waals surface area contributed by atoms with Gasteiger partial charge in [0.2, 0.25) is 0 Å². The SMILES string of the molecule is O=S(=O)([O-])C(F)(F)C(F)(F)OC(F)C(F)(F)OCC(F)(F)C(F)(F)C(F)(F)C(F)(F)COC(F)(F)C(F)OC(F)(F)C(F)(F)S(=O)(=O)[O-].[Li+].[Li+]. The van der Waals surface area contributed by atoms with E-state index in [0.717, 1.165) is 0 Å². The van der Waals surface area contributed by atoms with Crippen molar-refractivity contribution in [2.45, 2.75) is 71.3 Å². The maximum atomic E-state index is 13.7. The first-order valence-electron chi connectivity index (χ1n) is 10.0. The molecule has 2 unspecified atom stereocenters. The van der Waals surface area contributed by atoms with E-state index in [9.17, 15) is 123 Å². The van der Waals surface area contributed by atoms with Crippen LogP contribution in [0.25, 0.3) is 0 Å². The molecule has 0 aromatic heterocycles. The predicted octanol–water partition coefficient (Wildman–Crippen LogP) is -1.16. The van der Waals surface area contributed by atoms with Crippen LogP contribution in [0.5, 0.6) is 0 Å². The van der Waals surface area contributed by atoms with Gasteiger partial charge in [-0.3, -0.25) is 9.47 Å². The molecule has 0 amide bonds. The van der Waals surface area contributed by atoms with Crippen molar-refractivity contribution in [3.05, 3.63) is 0 Å². The zero-order chi connectivity index (χ0) is 39.4. The van der Waals surface area contributed by atoms with E-state index in [2.05, 4.69) is 9.47 Å². The van der Waals surface area contributed by atoms with Crippen LogP contribution in [0.3, 0.4) is 0 Å². The molecule has 290 valence electrons. The zero-order valence-corrected chi connectivity index (χ0v) is 24.4. The minimum absolute atomic E-state index is 0. The average molecular weight is 830 g/mol. The van der Waals surface area contributed by atoms with Gasteiger partial charge in [-0.1, -0.05) is 0 Å². The molecule has 0 radical (unpaired) electrons. The number of halogens is 22. The molecule has 0 N–H and O–H groups in total. The second kappa shape index (κ2) is 15.6. The Morgan fingerprint density at radius 2 is 0.660 bits per heavy atom. The summed E-state index contributed by atoms with van der Waals surface area (Å²) in [6, 6.07) is 0. The Balaban J connectivity index is -0.0000110. The largest absolute Gasteiger partial charge is 1.00 e. The van der Waals surface area contributed by atoms with Crippen molar-refractivity contribution >= 4 is 20.2 Å². The summed E-state index contributed by atoms with van der Waals surface area (Å²) in [6.45, 7) is -8.62. The molecular weight excluding hydrogens is 824 g/mol. The van der Waals surface area contributed by atoms with Gasteiger partial charge in [0.05, 0.1) is 0 Å². The summed E-state index contributed by atoms with van der Waals surface area (Å²) in [5, 5.41) is -14.3. The van der Waals surface area contributed by atoms with E-state index in [1.165, 1.54) is 0 Å². The third-order valence-corrected chi connectivity index (χ3v) is 6.27. The van der Waals surface area contributed by atoms with Crippen LogP contribution in [0.2, 0.25) is 0 Å². The summed E-state index contributed by atoms with van der Waals surface area (Å²) in [4.78, 5) is 0. The van der Waals surface area contributed by atoms with E-state index in [-0.39, 0.29) is 37.7 Å². The molecule has 0 heterocycles. The molecule has 0 aromatic rings. The third kappa shape index (κ3) is 10.5. The summed E-state index contributed by atoms with van der Waals surface area (Å²) in [7, 11) is -15.3. The van der Waals surface area contributed by atoms with Gasteiger partial charge in [0.25, 0.3) is 12.7 Å². The number of hydrogen-bond acceptors (Lipinski definition) is 10. The van der Waals surface area contributed by atoms with Gasteiger partial charge in [-0.15, -0.1) is 0 Å². The maximum absolute atomic E-state index is 13.7. The molecule has 10 nitrogen and oxygen atoms in total. The van der Waals surface area contributed by atoms with Gasteiger partial charge in [-0.05, 0) is 0 Å². The van der Waals surface area contributed by atoms with Crippen LogP contribution in [0.1, 0.15) is 0 Å². The normalized spacial score (nSPS) is 16.7. The molecule has 0 bridgehead atoms. The van der Waals surface area contributed by atoms with E-state index < -0.39 is 105 Å². The summed E-state index contributed by atoms with van der Waals surface area (Å²) in [6.07, 6.45) is -39.4. The molecule has 0 spiro atoms. The second-order valence-corrected chi connectivity index (χ2v) is 10.9. The van der Waals surface area contributed by atoms with Crippen molar-refractivity contribution < 1.29 is 179 Å². The van der Waals surface area contributed by atoms with Crippen LogP contribution in [0, 0.1) is 0 Å². The quantitative estimate of drug-likeness (QED) is 0.0887. The predicted molar refractivity (Wildman–Crippen MR) is 92.7 cm³/mol. The van der Waals surface area contributed by atoms with Gasteiger partial charge in [0, 0.05) is 0 Å². The van der Waals surface area contributed by atoms with Crippen molar-refractivity contribution in [3.8, 4) is 0 Å². The first-order valence-corrected chi connectivity index (χ1v) is 12.8. The minimum Gasteiger partial charge on any atom is -0.743 e. The number of hydrogen-bond donors (Lipinski definition) is 0. The summed E-state index contributed by atoms with van der Waals surface area (Å²) in [5.74, 6) is -30.8. The fraction of sp³-hybridized carbons (Fsp3) is 1.00. The Labute approximate surface area is 283 Å². The zero-order valence-electron chi connectivity index (χ0n) is 22.8. The molecule has 50 heavy (non-hydrogen) atoms. The first-order chi connectivity index (χ1) is 20.4. The maximum Gasteiger partial charge on any atom is 1.00 e. The molecule has 0 fully saturated rings. The van der Waals surface area contributed by atoms with Gasteiger partial charge in [-0.25, -0.2) is 25.6 Å². The van der Waals surface area contributed by atoms with E-state index in [1.807, 2.05) is 9.47 Å². The van der Waals surface area contributed by atoms with E-state index in [1.54, 1.807) is 0 Å². The fourth-order valence-electron chi connectivity index (χ4n) is 1.97. The van der Waals surface area contributed by atoms with Gasteiger partial charge in [0.1, 0.15) is 13.2 Å². The number of alkyl halides is 22. The van der Waals surface area contributed by atoms with Gasteiger partial charge in [-0.2, -0.15) is 87.8 Å². The van der Waals surface area contributed by atoms with Crippen molar-refractivity contribution in [1.29, 1.82) is 0 Å². The van der Waals surface area contributed by atoms with Crippen LogP contribution >= 0.6 is 0 Å². The van der Waals surface area contributed by atoms with Crippen molar-refractivity contribution in [2.75, 3.05) is 13.2 Å². The molecular formula is C14H6F22Li2O10S2. The third-order valence-electron chi connectivity index (χ3n) is 4.54.